The molecule has 1 aromatic heterocycles. The van der Waals surface area contributed by atoms with E-state index in [1.807, 2.05) is 54.6 Å². The predicted octanol–water partition coefficient (Wildman–Crippen LogP) is 4.79. The van der Waals surface area contributed by atoms with E-state index < -0.39 is 11.6 Å². The minimum Gasteiger partial charge on any atom is -0.508 e. The van der Waals surface area contributed by atoms with Gasteiger partial charge in [0.05, 0.1) is 12.7 Å². The highest BCUT2D eigenvalue weighted by Gasteiger charge is 2.16. The number of fused-ring (bicyclic) bond motifs is 1. The molecule has 0 aliphatic rings. The van der Waals surface area contributed by atoms with Crippen molar-refractivity contribution in [3.63, 3.8) is 0 Å². The van der Waals surface area contributed by atoms with Crippen molar-refractivity contribution in [1.29, 1.82) is 0 Å². The van der Waals surface area contributed by atoms with Gasteiger partial charge in [0.15, 0.2) is 0 Å². The predicted molar refractivity (Wildman–Crippen MR) is 121 cm³/mol. The summed E-state index contributed by atoms with van der Waals surface area (Å²) < 4.78 is 16.1. The van der Waals surface area contributed by atoms with Gasteiger partial charge in [0.1, 0.15) is 23.7 Å². The Kier molecular flexibility index (Phi) is 6.03. The van der Waals surface area contributed by atoms with Crippen molar-refractivity contribution >= 4 is 28.6 Å². The number of phenolic OH excluding ortho intramolecular Hbond substituents is 1. The van der Waals surface area contributed by atoms with E-state index >= 15 is 0 Å². The maximum absolute atomic E-state index is 13.1. The fourth-order valence-electron chi connectivity index (χ4n) is 3.38. The highest BCUT2D eigenvalue weighted by molar-refractivity contribution is 6.21. The lowest BCUT2D eigenvalue weighted by Crippen LogP contribution is -2.09. The average Bonchev–Trinajstić information content (AvgIpc) is 2.81. The average molecular weight is 428 g/mol. The van der Waals surface area contributed by atoms with Crippen LogP contribution in [0.15, 0.2) is 88.1 Å². The van der Waals surface area contributed by atoms with Crippen LogP contribution in [0.2, 0.25) is 0 Å². The molecule has 0 radical (unpaired) electrons. The Morgan fingerprint density at radius 1 is 1.00 bits per heavy atom. The molecule has 0 aliphatic heterocycles. The molecule has 0 bridgehead atoms. The maximum Gasteiger partial charge on any atom is 0.339 e. The first kappa shape index (κ1) is 20.9. The van der Waals surface area contributed by atoms with Crippen LogP contribution in [0.4, 0.5) is 0 Å². The third kappa shape index (κ3) is 4.54. The smallest absolute Gasteiger partial charge is 0.339 e. The van der Waals surface area contributed by atoms with E-state index in [1.165, 1.54) is 18.2 Å². The van der Waals surface area contributed by atoms with Crippen LogP contribution >= 0.6 is 0 Å². The lowest BCUT2D eigenvalue weighted by Gasteiger charge is -2.11. The molecule has 1 heterocycles. The number of carbonyl (C=O) groups excluding carboxylic acids is 1. The summed E-state index contributed by atoms with van der Waals surface area (Å²) in [5, 5.41) is 10.2. The van der Waals surface area contributed by atoms with Crippen LogP contribution < -0.4 is 10.4 Å². The highest BCUT2D eigenvalue weighted by Crippen LogP contribution is 2.27. The number of methoxy groups -OCH3 is 1. The largest absolute Gasteiger partial charge is 0.508 e. The van der Waals surface area contributed by atoms with Crippen LogP contribution in [-0.4, -0.2) is 18.2 Å². The van der Waals surface area contributed by atoms with Gasteiger partial charge in [-0.3, -0.25) is 0 Å². The molecule has 32 heavy (non-hydrogen) atoms. The zero-order valence-corrected chi connectivity index (χ0v) is 17.3. The van der Waals surface area contributed by atoms with E-state index in [4.69, 9.17) is 13.9 Å². The van der Waals surface area contributed by atoms with Gasteiger partial charge in [0.2, 0.25) is 0 Å². The monoisotopic (exact) mass is 428 g/mol. The van der Waals surface area contributed by atoms with Gasteiger partial charge in [-0.25, -0.2) is 9.59 Å². The molecule has 0 saturated heterocycles. The van der Waals surface area contributed by atoms with E-state index in [0.717, 1.165) is 5.56 Å². The lowest BCUT2D eigenvalue weighted by atomic mass is 10.0. The fraction of sp³-hybridized carbons (Fsp3) is 0.0769. The Bertz CT molecular complexity index is 1350. The highest BCUT2D eigenvalue weighted by atomic mass is 16.5. The molecule has 0 fully saturated rings. The fourth-order valence-corrected chi connectivity index (χ4v) is 3.38. The molecule has 6 nitrogen and oxygen atoms in total. The Morgan fingerprint density at radius 3 is 2.53 bits per heavy atom. The standard InChI is InChI=1S/C26H20O6/c1-30-23-10-6-5-9-18(23)13-22(17-7-3-2-4-8-17)26(29)31-16-19-14-25(28)32-24-15-20(27)11-12-21(19)24/h2-15,27H,16H2,1H3. The van der Waals surface area contributed by atoms with Crippen molar-refractivity contribution in [3.05, 3.63) is 106 Å². The molecule has 0 spiro atoms. The summed E-state index contributed by atoms with van der Waals surface area (Å²) in [5.41, 5.74) is 1.87. The Hall–Kier alpha value is -4.32. The molecule has 1 N–H and O–H groups in total. The van der Waals surface area contributed by atoms with Gasteiger partial charge in [-0.15, -0.1) is 0 Å². The van der Waals surface area contributed by atoms with E-state index in [9.17, 15) is 14.7 Å². The topological polar surface area (TPSA) is 86.0 Å². The minimum atomic E-state index is -0.595. The molecule has 0 aliphatic carbocycles. The third-order valence-corrected chi connectivity index (χ3v) is 4.92. The number of aromatic hydroxyl groups is 1. The van der Waals surface area contributed by atoms with E-state index in [-0.39, 0.29) is 17.9 Å². The van der Waals surface area contributed by atoms with Gasteiger partial charge in [-0.2, -0.15) is 0 Å². The van der Waals surface area contributed by atoms with Crippen LogP contribution in [-0.2, 0) is 16.1 Å². The van der Waals surface area contributed by atoms with Crippen LogP contribution in [0.3, 0.4) is 0 Å². The molecular weight excluding hydrogens is 408 g/mol. The van der Waals surface area contributed by atoms with Gasteiger partial charge in [-0.1, -0.05) is 48.5 Å². The van der Waals surface area contributed by atoms with Gasteiger partial charge >= 0.3 is 11.6 Å². The van der Waals surface area contributed by atoms with Crippen molar-refractivity contribution in [2.75, 3.05) is 7.11 Å². The second-order valence-electron chi connectivity index (χ2n) is 7.01. The first-order valence-electron chi connectivity index (χ1n) is 9.88. The first-order chi connectivity index (χ1) is 15.5. The van der Waals surface area contributed by atoms with Crippen molar-refractivity contribution in [2.45, 2.75) is 6.61 Å². The van der Waals surface area contributed by atoms with E-state index in [1.54, 1.807) is 19.3 Å². The van der Waals surface area contributed by atoms with E-state index in [2.05, 4.69) is 0 Å². The van der Waals surface area contributed by atoms with Crippen molar-refractivity contribution < 1.29 is 23.8 Å². The number of ether oxygens (including phenoxy) is 2. The number of benzene rings is 3. The second-order valence-corrected chi connectivity index (χ2v) is 7.01. The Labute approximate surface area is 184 Å². The molecule has 0 amide bonds. The summed E-state index contributed by atoms with van der Waals surface area (Å²) in [6.45, 7) is -0.137. The molecule has 0 atom stereocenters. The number of hydrogen-bond donors (Lipinski definition) is 1. The van der Waals surface area contributed by atoms with Crippen LogP contribution in [0, 0.1) is 0 Å². The molecule has 3 aromatic carbocycles. The SMILES string of the molecule is COc1ccccc1C=C(C(=O)OCc1cc(=O)oc2cc(O)ccc12)c1ccccc1. The van der Waals surface area contributed by atoms with Crippen LogP contribution in [0.5, 0.6) is 11.5 Å². The summed E-state index contributed by atoms with van der Waals surface area (Å²) in [6.07, 6.45) is 1.71. The second kappa shape index (κ2) is 9.22. The molecule has 160 valence electrons. The number of hydrogen-bond acceptors (Lipinski definition) is 6. The quantitative estimate of drug-likeness (QED) is 0.206. The van der Waals surface area contributed by atoms with Gasteiger partial charge < -0.3 is 19.0 Å². The van der Waals surface area contributed by atoms with Crippen molar-refractivity contribution in [2.24, 2.45) is 0 Å². The van der Waals surface area contributed by atoms with Gasteiger partial charge in [0.25, 0.3) is 0 Å². The molecule has 4 aromatic rings. The number of para-hydroxylation sites is 1. The Balaban J connectivity index is 1.68. The number of carbonyl (C=O) groups is 1. The van der Waals surface area contributed by atoms with E-state index in [0.29, 0.717) is 27.8 Å². The summed E-state index contributed by atoms with van der Waals surface area (Å²) in [6, 6.07) is 22.2. The van der Waals surface area contributed by atoms with Crippen LogP contribution in [0.1, 0.15) is 16.7 Å². The molecule has 6 heteroatoms. The zero-order chi connectivity index (χ0) is 22.5. The zero-order valence-electron chi connectivity index (χ0n) is 17.3. The molecular formula is C26H20O6. The van der Waals surface area contributed by atoms with Crippen molar-refractivity contribution in [1.82, 2.24) is 0 Å². The summed E-state index contributed by atoms with van der Waals surface area (Å²) in [7, 11) is 1.57. The Morgan fingerprint density at radius 2 is 1.75 bits per heavy atom. The van der Waals surface area contributed by atoms with Gasteiger partial charge in [0, 0.05) is 28.6 Å². The third-order valence-electron chi connectivity index (χ3n) is 4.92. The number of phenols is 1. The lowest BCUT2D eigenvalue weighted by molar-refractivity contribution is -0.137. The molecule has 0 unspecified atom stereocenters. The summed E-state index contributed by atoms with van der Waals surface area (Å²) in [5.74, 6) is 0.0448. The summed E-state index contributed by atoms with van der Waals surface area (Å²) >= 11 is 0. The number of rotatable bonds is 6. The first-order valence-corrected chi connectivity index (χ1v) is 9.88. The maximum atomic E-state index is 13.1. The molecule has 0 saturated carbocycles. The normalized spacial score (nSPS) is 11.3. The van der Waals surface area contributed by atoms with Crippen LogP contribution in [0.25, 0.3) is 22.6 Å². The van der Waals surface area contributed by atoms with Gasteiger partial charge in [-0.05, 0) is 29.8 Å². The molecule has 4 rings (SSSR count). The van der Waals surface area contributed by atoms with Crippen molar-refractivity contribution in [3.8, 4) is 11.5 Å². The number of esters is 1. The summed E-state index contributed by atoms with van der Waals surface area (Å²) in [4.78, 5) is 25.0. The minimum absolute atomic E-state index is 0.0269.